The third-order valence-electron chi connectivity index (χ3n) is 6.82. The summed E-state index contributed by atoms with van der Waals surface area (Å²) in [5, 5.41) is 17.7. The number of anilines is 1. The van der Waals surface area contributed by atoms with E-state index >= 15 is 0 Å². The molecular weight excluding hydrogens is 548 g/mol. The van der Waals surface area contributed by atoms with Crippen LogP contribution in [0.4, 0.5) is 10.5 Å². The van der Waals surface area contributed by atoms with Crippen LogP contribution >= 0.6 is 0 Å². The predicted octanol–water partition coefficient (Wildman–Crippen LogP) is 5.32. The lowest BCUT2D eigenvalue weighted by Gasteiger charge is -2.34. The first kappa shape index (κ1) is 32.9. The fourth-order valence-corrected chi connectivity index (χ4v) is 4.69. The lowest BCUT2D eigenvalue weighted by Crippen LogP contribution is -2.52. The molecule has 0 heterocycles. The van der Waals surface area contributed by atoms with Gasteiger partial charge in [0, 0.05) is 18.7 Å². The number of carbonyl (C=O) groups is 4. The van der Waals surface area contributed by atoms with Gasteiger partial charge in [-0.05, 0) is 86.7 Å². The van der Waals surface area contributed by atoms with E-state index in [1.54, 1.807) is 45.9 Å². The van der Waals surface area contributed by atoms with Gasteiger partial charge in [0.15, 0.2) is 0 Å². The maximum atomic E-state index is 14.2. The van der Waals surface area contributed by atoms with Gasteiger partial charge in [-0.2, -0.15) is 0 Å². The van der Waals surface area contributed by atoms with Gasteiger partial charge in [0.2, 0.25) is 11.8 Å². The number of aromatic hydroxyl groups is 1. The minimum absolute atomic E-state index is 0.0507. The van der Waals surface area contributed by atoms with Gasteiger partial charge in [0.25, 0.3) is 5.91 Å². The normalized spacial score (nSPS) is 12.7. The van der Waals surface area contributed by atoms with E-state index in [9.17, 15) is 24.3 Å². The number of primary amides is 1. The molecule has 0 aromatic heterocycles. The largest absolute Gasteiger partial charge is 0.508 e. The maximum absolute atomic E-state index is 14.2. The predicted molar refractivity (Wildman–Crippen MR) is 166 cm³/mol. The molecule has 2 atom stereocenters. The molecule has 0 saturated carbocycles. The number of nitrogens with one attached hydrogen (secondary N) is 2. The minimum atomic E-state index is -1.19. The molecule has 0 saturated heterocycles. The molecule has 0 spiro atoms. The van der Waals surface area contributed by atoms with Crippen LogP contribution in [0.25, 0.3) is 10.8 Å². The smallest absolute Gasteiger partial charge is 0.408 e. The Morgan fingerprint density at radius 3 is 2.33 bits per heavy atom. The van der Waals surface area contributed by atoms with Gasteiger partial charge in [0.05, 0.1) is 0 Å². The van der Waals surface area contributed by atoms with Crippen molar-refractivity contribution in [3.63, 3.8) is 0 Å². The Morgan fingerprint density at radius 2 is 1.70 bits per heavy atom. The number of nitrogens with zero attached hydrogens (tertiary/aromatic N) is 1. The lowest BCUT2D eigenvalue weighted by molar-refractivity contribution is -0.141. The number of rotatable bonds is 12. The summed E-state index contributed by atoms with van der Waals surface area (Å²) < 4.78 is 5.38. The van der Waals surface area contributed by atoms with Crippen molar-refractivity contribution >= 4 is 40.3 Å². The third-order valence-corrected chi connectivity index (χ3v) is 6.82. The zero-order valence-electron chi connectivity index (χ0n) is 25.5. The van der Waals surface area contributed by atoms with E-state index in [0.717, 1.165) is 17.2 Å². The van der Waals surface area contributed by atoms with Crippen LogP contribution in [0.3, 0.4) is 0 Å². The number of unbranched alkanes of at least 4 members (excludes halogenated alkanes) is 1. The summed E-state index contributed by atoms with van der Waals surface area (Å²) in [6.07, 6.45) is 0.216. The van der Waals surface area contributed by atoms with Crippen LogP contribution in [0.15, 0.2) is 60.7 Å². The van der Waals surface area contributed by atoms with Crippen LogP contribution < -0.4 is 16.4 Å². The van der Waals surface area contributed by atoms with Gasteiger partial charge in [0.1, 0.15) is 23.4 Å². The topological polar surface area (TPSA) is 151 Å². The van der Waals surface area contributed by atoms with Crippen molar-refractivity contribution in [3.8, 4) is 5.75 Å². The Kier molecular flexibility index (Phi) is 11.1. The molecule has 5 N–H and O–H groups in total. The molecule has 0 aliphatic heterocycles. The highest BCUT2D eigenvalue weighted by molar-refractivity contribution is 6.00. The first-order chi connectivity index (χ1) is 20.3. The molecule has 3 aromatic rings. The van der Waals surface area contributed by atoms with Gasteiger partial charge >= 0.3 is 6.09 Å². The molecule has 10 heteroatoms. The number of fused-ring (bicyclic) bond motifs is 1. The summed E-state index contributed by atoms with van der Waals surface area (Å²) in [6.45, 7) is 8.94. The third kappa shape index (κ3) is 9.46. The second kappa shape index (κ2) is 14.5. The van der Waals surface area contributed by atoms with Crippen molar-refractivity contribution in [3.05, 3.63) is 71.8 Å². The molecule has 3 aromatic carbocycles. The Bertz CT molecular complexity index is 1470. The highest BCUT2D eigenvalue weighted by Crippen LogP contribution is 2.29. The Balaban J connectivity index is 2.05. The molecule has 4 amide bonds. The number of phenols is 1. The number of alkyl carbamates (subject to hydrolysis) is 1. The second-order valence-corrected chi connectivity index (χ2v) is 11.6. The van der Waals surface area contributed by atoms with E-state index in [1.807, 2.05) is 43.3 Å². The van der Waals surface area contributed by atoms with E-state index in [4.69, 9.17) is 10.5 Å². The zero-order chi connectivity index (χ0) is 31.7. The van der Waals surface area contributed by atoms with Gasteiger partial charge in [-0.15, -0.1) is 0 Å². The van der Waals surface area contributed by atoms with E-state index in [0.29, 0.717) is 23.2 Å². The van der Waals surface area contributed by atoms with Crippen molar-refractivity contribution < 1.29 is 29.0 Å². The summed E-state index contributed by atoms with van der Waals surface area (Å²) in [6, 6.07) is 15.7. The van der Waals surface area contributed by atoms with E-state index < -0.39 is 41.5 Å². The summed E-state index contributed by atoms with van der Waals surface area (Å²) >= 11 is 0. The van der Waals surface area contributed by atoms with Crippen molar-refractivity contribution in [2.24, 2.45) is 5.73 Å². The number of benzene rings is 3. The van der Waals surface area contributed by atoms with Gasteiger partial charge in [-0.3, -0.25) is 14.4 Å². The Labute approximate surface area is 252 Å². The highest BCUT2D eigenvalue weighted by Gasteiger charge is 2.36. The highest BCUT2D eigenvalue weighted by atomic mass is 16.6. The first-order valence-electron chi connectivity index (χ1n) is 14.5. The van der Waals surface area contributed by atoms with Gasteiger partial charge in [-0.1, -0.05) is 49.7 Å². The number of amides is 4. The SMILES string of the molecule is CCCCN(C(=O)C(CCC(N)=O)NC(=O)OC(C)(C)C)C(C(=O)Nc1ccc2ccccc2c1)c1ccc(O)c(C)c1. The second-order valence-electron chi connectivity index (χ2n) is 11.6. The standard InChI is InChI=1S/C33H42N4O6/c1-6-7-18-37(31(41)26(15-17-28(34)39)36-32(42)43-33(3,4)5)29(24-13-16-27(38)21(2)19-24)30(40)35-25-14-12-22-10-8-9-11-23(22)20-25/h8-14,16,19-20,26,29,38H,6-7,15,17-18H2,1-5H3,(H2,34,39)(H,35,40)(H,36,42). The molecule has 0 aliphatic carbocycles. The van der Waals surface area contributed by atoms with Crippen LogP contribution in [-0.2, 0) is 19.1 Å². The zero-order valence-corrected chi connectivity index (χ0v) is 25.5. The summed E-state index contributed by atoms with van der Waals surface area (Å²) in [7, 11) is 0. The van der Waals surface area contributed by atoms with Crippen LogP contribution in [0.5, 0.6) is 5.75 Å². The Morgan fingerprint density at radius 1 is 1.00 bits per heavy atom. The first-order valence-corrected chi connectivity index (χ1v) is 14.5. The van der Waals surface area contributed by atoms with Crippen molar-refractivity contribution in [2.45, 2.75) is 78.0 Å². The number of hydrogen-bond acceptors (Lipinski definition) is 6. The van der Waals surface area contributed by atoms with Crippen LogP contribution in [-0.4, -0.2) is 52.0 Å². The number of phenolic OH excluding ortho intramolecular Hbond substituents is 1. The average Bonchev–Trinajstić information content (AvgIpc) is 2.93. The maximum Gasteiger partial charge on any atom is 0.408 e. The van der Waals surface area contributed by atoms with Crippen LogP contribution in [0.2, 0.25) is 0 Å². The molecule has 0 fully saturated rings. The molecule has 43 heavy (non-hydrogen) atoms. The van der Waals surface area contributed by atoms with Crippen molar-refractivity contribution in [1.29, 1.82) is 0 Å². The van der Waals surface area contributed by atoms with E-state index in [1.165, 1.54) is 11.0 Å². The molecule has 230 valence electrons. The fourth-order valence-electron chi connectivity index (χ4n) is 4.69. The monoisotopic (exact) mass is 590 g/mol. The molecule has 2 unspecified atom stereocenters. The van der Waals surface area contributed by atoms with Crippen molar-refractivity contribution in [1.82, 2.24) is 10.2 Å². The minimum Gasteiger partial charge on any atom is -0.508 e. The molecule has 10 nitrogen and oxygen atoms in total. The summed E-state index contributed by atoms with van der Waals surface area (Å²) in [5.74, 6) is -1.63. The molecule has 0 bridgehead atoms. The number of ether oxygens (including phenoxy) is 1. The molecule has 0 radical (unpaired) electrons. The van der Waals surface area contributed by atoms with Gasteiger partial charge < -0.3 is 31.1 Å². The molecule has 0 aliphatic rings. The van der Waals surface area contributed by atoms with Gasteiger partial charge in [-0.25, -0.2) is 4.79 Å². The summed E-state index contributed by atoms with van der Waals surface area (Å²) in [4.78, 5) is 54.2. The quantitative estimate of drug-likeness (QED) is 0.224. The lowest BCUT2D eigenvalue weighted by atomic mass is 9.99. The number of aryl methyl sites for hydroxylation is 1. The average molecular weight is 591 g/mol. The number of nitrogens with two attached hydrogens (primary N) is 1. The Hall–Kier alpha value is -4.60. The number of hydrogen-bond donors (Lipinski definition) is 4. The van der Waals surface area contributed by atoms with E-state index in [-0.39, 0.29) is 25.1 Å². The molecular formula is C33H42N4O6. The fraction of sp³-hybridized carbons (Fsp3) is 0.394. The van der Waals surface area contributed by atoms with Crippen molar-refractivity contribution in [2.75, 3.05) is 11.9 Å². The van der Waals surface area contributed by atoms with Crippen LogP contribution in [0.1, 0.15) is 70.5 Å². The summed E-state index contributed by atoms with van der Waals surface area (Å²) in [5.41, 5.74) is 6.12. The van der Waals surface area contributed by atoms with E-state index in [2.05, 4.69) is 10.6 Å². The van der Waals surface area contributed by atoms with Crippen LogP contribution in [0, 0.1) is 6.92 Å². The molecule has 3 rings (SSSR count). The number of carbonyl (C=O) groups excluding carboxylic acids is 4.